The minimum atomic E-state index is -2.80. The molecule has 1 aliphatic carbocycles. The first-order valence-electron chi connectivity index (χ1n) is 8.40. The van der Waals surface area contributed by atoms with E-state index in [2.05, 4.69) is 11.7 Å². The SMILES string of the molecule is CC1CCC(C2COC(c3ccc(OC(F)F)cc3)OC2)CC1. The van der Waals surface area contributed by atoms with E-state index < -0.39 is 12.9 Å². The van der Waals surface area contributed by atoms with Crippen molar-refractivity contribution in [2.75, 3.05) is 13.2 Å². The summed E-state index contributed by atoms with van der Waals surface area (Å²) in [5.41, 5.74) is 0.835. The lowest BCUT2D eigenvalue weighted by Crippen LogP contribution is -2.34. The molecule has 23 heavy (non-hydrogen) atoms. The highest BCUT2D eigenvalue weighted by molar-refractivity contribution is 5.28. The molecule has 0 radical (unpaired) electrons. The first-order chi connectivity index (χ1) is 11.1. The van der Waals surface area contributed by atoms with Crippen LogP contribution in [0.1, 0.15) is 44.5 Å². The van der Waals surface area contributed by atoms with Gasteiger partial charge < -0.3 is 14.2 Å². The number of rotatable bonds is 4. The van der Waals surface area contributed by atoms with Gasteiger partial charge in [0.15, 0.2) is 6.29 Å². The molecular weight excluding hydrogens is 302 g/mol. The maximum absolute atomic E-state index is 12.1. The van der Waals surface area contributed by atoms with Crippen molar-refractivity contribution >= 4 is 0 Å². The number of ether oxygens (including phenoxy) is 3. The van der Waals surface area contributed by atoms with Crippen molar-refractivity contribution in [2.45, 2.75) is 45.5 Å². The summed E-state index contributed by atoms with van der Waals surface area (Å²) >= 11 is 0. The molecule has 1 aromatic rings. The van der Waals surface area contributed by atoms with Crippen molar-refractivity contribution in [1.82, 2.24) is 0 Å². The van der Waals surface area contributed by atoms with Crippen LogP contribution in [0.25, 0.3) is 0 Å². The van der Waals surface area contributed by atoms with E-state index in [1.165, 1.54) is 37.8 Å². The predicted molar refractivity (Wildman–Crippen MR) is 82.3 cm³/mol. The van der Waals surface area contributed by atoms with E-state index in [4.69, 9.17) is 9.47 Å². The van der Waals surface area contributed by atoms with Crippen molar-refractivity contribution in [1.29, 1.82) is 0 Å². The molecule has 1 saturated heterocycles. The zero-order valence-corrected chi connectivity index (χ0v) is 13.4. The van der Waals surface area contributed by atoms with Crippen LogP contribution in [-0.4, -0.2) is 19.8 Å². The third-order valence-electron chi connectivity index (χ3n) is 5.03. The Hall–Kier alpha value is -1.20. The summed E-state index contributed by atoms with van der Waals surface area (Å²) in [6.07, 6.45) is 4.73. The second-order valence-electron chi connectivity index (χ2n) is 6.73. The molecule has 3 rings (SSSR count). The maximum atomic E-state index is 12.1. The van der Waals surface area contributed by atoms with Crippen molar-refractivity contribution in [2.24, 2.45) is 17.8 Å². The molecule has 0 atom stereocenters. The van der Waals surface area contributed by atoms with Crippen LogP contribution < -0.4 is 4.74 Å². The Morgan fingerprint density at radius 1 is 0.957 bits per heavy atom. The van der Waals surface area contributed by atoms with Gasteiger partial charge in [0.05, 0.1) is 13.2 Å². The van der Waals surface area contributed by atoms with Gasteiger partial charge in [0, 0.05) is 11.5 Å². The lowest BCUT2D eigenvalue weighted by molar-refractivity contribution is -0.214. The molecule has 128 valence electrons. The molecule has 0 N–H and O–H groups in total. The normalized spacial score (nSPS) is 32.0. The Morgan fingerprint density at radius 3 is 2.13 bits per heavy atom. The van der Waals surface area contributed by atoms with Crippen LogP contribution in [0.5, 0.6) is 5.75 Å². The standard InChI is InChI=1S/C18H24F2O3/c1-12-2-4-13(5-3-12)15-10-21-17(22-11-15)14-6-8-16(9-7-14)23-18(19)20/h6-9,12-13,15,17-18H,2-5,10-11H2,1H3. The molecule has 3 nitrogen and oxygen atoms in total. The lowest BCUT2D eigenvalue weighted by atomic mass is 9.76. The monoisotopic (exact) mass is 326 g/mol. The van der Waals surface area contributed by atoms with Crippen LogP contribution in [0.4, 0.5) is 8.78 Å². The highest BCUT2D eigenvalue weighted by Crippen LogP contribution is 2.37. The highest BCUT2D eigenvalue weighted by atomic mass is 19.3. The van der Waals surface area contributed by atoms with Gasteiger partial charge in [0.25, 0.3) is 0 Å². The minimum Gasteiger partial charge on any atom is -0.435 e. The maximum Gasteiger partial charge on any atom is 0.387 e. The fraction of sp³-hybridized carbons (Fsp3) is 0.667. The van der Waals surface area contributed by atoms with Crippen molar-refractivity contribution in [3.05, 3.63) is 29.8 Å². The Bertz CT molecular complexity index is 476. The molecule has 0 unspecified atom stereocenters. The largest absolute Gasteiger partial charge is 0.435 e. The van der Waals surface area contributed by atoms with Gasteiger partial charge in [-0.3, -0.25) is 0 Å². The van der Waals surface area contributed by atoms with E-state index in [-0.39, 0.29) is 5.75 Å². The van der Waals surface area contributed by atoms with E-state index >= 15 is 0 Å². The second-order valence-corrected chi connectivity index (χ2v) is 6.73. The van der Waals surface area contributed by atoms with Crippen LogP contribution in [0.15, 0.2) is 24.3 Å². The molecule has 2 fully saturated rings. The van der Waals surface area contributed by atoms with Crippen LogP contribution in [-0.2, 0) is 9.47 Å². The van der Waals surface area contributed by atoms with Crippen molar-refractivity contribution in [3.63, 3.8) is 0 Å². The minimum absolute atomic E-state index is 0.147. The van der Waals surface area contributed by atoms with Gasteiger partial charge in [-0.1, -0.05) is 31.9 Å². The zero-order valence-electron chi connectivity index (χ0n) is 13.4. The number of alkyl halides is 2. The zero-order chi connectivity index (χ0) is 16.2. The number of hydrogen-bond donors (Lipinski definition) is 0. The summed E-state index contributed by atoms with van der Waals surface area (Å²) in [5, 5.41) is 0. The molecule has 1 aromatic carbocycles. The highest BCUT2D eigenvalue weighted by Gasteiger charge is 2.31. The third-order valence-corrected chi connectivity index (χ3v) is 5.03. The quantitative estimate of drug-likeness (QED) is 0.797. The number of hydrogen-bond acceptors (Lipinski definition) is 3. The van der Waals surface area contributed by atoms with Crippen LogP contribution >= 0.6 is 0 Å². The van der Waals surface area contributed by atoms with E-state index in [1.807, 2.05) is 0 Å². The van der Waals surface area contributed by atoms with Gasteiger partial charge in [0.2, 0.25) is 0 Å². The average molecular weight is 326 g/mol. The van der Waals surface area contributed by atoms with Gasteiger partial charge in [-0.2, -0.15) is 8.78 Å². The molecule has 0 aromatic heterocycles. The molecule has 0 bridgehead atoms. The predicted octanol–water partition coefficient (Wildman–Crippen LogP) is 4.78. The molecular formula is C18H24F2O3. The smallest absolute Gasteiger partial charge is 0.387 e. The van der Waals surface area contributed by atoms with E-state index in [9.17, 15) is 8.78 Å². The Kier molecular flexibility index (Phi) is 5.49. The van der Waals surface area contributed by atoms with Gasteiger partial charge in [-0.25, -0.2) is 0 Å². The van der Waals surface area contributed by atoms with E-state index in [0.29, 0.717) is 25.0 Å². The van der Waals surface area contributed by atoms with Crippen LogP contribution in [0.2, 0.25) is 0 Å². The van der Waals surface area contributed by atoms with Crippen molar-refractivity contribution < 1.29 is 23.0 Å². The fourth-order valence-corrected chi connectivity index (χ4v) is 3.55. The first-order valence-corrected chi connectivity index (χ1v) is 8.40. The topological polar surface area (TPSA) is 27.7 Å². The summed E-state index contributed by atoms with van der Waals surface area (Å²) < 4.78 is 40.4. The first kappa shape index (κ1) is 16.7. The van der Waals surface area contributed by atoms with Crippen LogP contribution in [0, 0.1) is 17.8 Å². The van der Waals surface area contributed by atoms with Gasteiger partial charge in [-0.15, -0.1) is 0 Å². The third kappa shape index (κ3) is 4.42. The Balaban J connectivity index is 1.50. The summed E-state index contributed by atoms with van der Waals surface area (Å²) in [6.45, 7) is 0.932. The van der Waals surface area contributed by atoms with Gasteiger partial charge in [0.1, 0.15) is 5.75 Å². The van der Waals surface area contributed by atoms with Gasteiger partial charge in [-0.05, 0) is 36.8 Å². The Morgan fingerprint density at radius 2 is 1.57 bits per heavy atom. The molecule has 0 amide bonds. The molecule has 5 heteroatoms. The van der Waals surface area contributed by atoms with E-state index in [0.717, 1.165) is 11.5 Å². The molecule has 2 aliphatic rings. The fourth-order valence-electron chi connectivity index (χ4n) is 3.55. The lowest BCUT2D eigenvalue weighted by Gasteiger charge is -2.37. The Labute approximate surface area is 135 Å². The summed E-state index contributed by atoms with van der Waals surface area (Å²) in [5.74, 6) is 2.17. The summed E-state index contributed by atoms with van der Waals surface area (Å²) in [6, 6.07) is 6.46. The summed E-state index contributed by atoms with van der Waals surface area (Å²) in [4.78, 5) is 0. The second kappa shape index (κ2) is 7.58. The van der Waals surface area contributed by atoms with E-state index in [1.54, 1.807) is 12.1 Å². The summed E-state index contributed by atoms with van der Waals surface area (Å²) in [7, 11) is 0. The molecule has 1 heterocycles. The van der Waals surface area contributed by atoms with Crippen molar-refractivity contribution in [3.8, 4) is 5.75 Å². The average Bonchev–Trinajstić information content (AvgIpc) is 2.56. The molecule has 1 aliphatic heterocycles. The molecule has 0 spiro atoms. The number of benzene rings is 1. The van der Waals surface area contributed by atoms with Gasteiger partial charge >= 0.3 is 6.61 Å². The molecule has 1 saturated carbocycles. The number of halogens is 2. The van der Waals surface area contributed by atoms with Crippen LogP contribution in [0.3, 0.4) is 0 Å².